The molecule has 94 valence electrons. The Morgan fingerprint density at radius 2 is 2.06 bits per heavy atom. The Morgan fingerprint density at radius 3 is 2.72 bits per heavy atom. The second-order valence-corrected chi connectivity index (χ2v) is 3.77. The minimum absolute atomic E-state index is 0.0295. The summed E-state index contributed by atoms with van der Waals surface area (Å²) in [6.07, 6.45) is 0. The molecule has 2 aromatic carbocycles. The fraction of sp³-hybridized carbons (Fsp3) is 0.167. The van der Waals surface area contributed by atoms with Gasteiger partial charge >= 0.3 is 7.12 Å². The molecule has 0 radical (unpaired) electrons. The highest BCUT2D eigenvalue weighted by molar-refractivity contribution is 6.62. The maximum atomic E-state index is 13.7. The zero-order valence-electron chi connectivity index (χ0n) is 9.76. The molecule has 18 heavy (non-hydrogen) atoms. The van der Waals surface area contributed by atoms with Crippen LogP contribution in [0.25, 0.3) is 10.8 Å². The summed E-state index contributed by atoms with van der Waals surface area (Å²) in [5.41, 5.74) is 0.0664. The normalized spacial score (nSPS) is 10.7. The summed E-state index contributed by atoms with van der Waals surface area (Å²) in [6.45, 7) is 0.0295. The van der Waals surface area contributed by atoms with Gasteiger partial charge in [-0.05, 0) is 29.0 Å². The van der Waals surface area contributed by atoms with E-state index in [-0.39, 0.29) is 17.6 Å². The van der Waals surface area contributed by atoms with Crippen molar-refractivity contribution in [3.63, 3.8) is 0 Å². The molecule has 2 N–H and O–H groups in total. The van der Waals surface area contributed by atoms with Crippen LogP contribution in [-0.2, 0) is 4.74 Å². The number of benzene rings is 2. The van der Waals surface area contributed by atoms with E-state index in [4.69, 9.17) is 9.47 Å². The molecule has 0 saturated heterocycles. The fourth-order valence-electron chi connectivity index (χ4n) is 1.80. The number of halogens is 1. The first-order valence-electron chi connectivity index (χ1n) is 5.33. The molecule has 2 rings (SSSR count). The molecule has 0 aromatic heterocycles. The van der Waals surface area contributed by atoms with Gasteiger partial charge in [0.25, 0.3) is 0 Å². The lowest BCUT2D eigenvalue weighted by atomic mass is 9.77. The zero-order chi connectivity index (χ0) is 13.1. The van der Waals surface area contributed by atoms with E-state index in [2.05, 4.69) is 0 Å². The van der Waals surface area contributed by atoms with Crippen molar-refractivity contribution in [2.45, 2.75) is 0 Å². The Balaban J connectivity index is 2.59. The van der Waals surface area contributed by atoms with Crippen molar-refractivity contribution in [2.24, 2.45) is 0 Å². The lowest BCUT2D eigenvalue weighted by Crippen LogP contribution is -2.31. The van der Waals surface area contributed by atoms with Gasteiger partial charge in [-0.2, -0.15) is 0 Å². The average Bonchev–Trinajstić information content (AvgIpc) is 2.35. The number of hydrogen-bond donors (Lipinski definition) is 2. The van der Waals surface area contributed by atoms with E-state index in [1.165, 1.54) is 19.2 Å². The summed E-state index contributed by atoms with van der Waals surface area (Å²) in [4.78, 5) is 0. The predicted molar refractivity (Wildman–Crippen MR) is 66.2 cm³/mol. The number of rotatable bonds is 4. The Labute approximate surface area is 104 Å². The maximum absolute atomic E-state index is 13.7. The number of fused-ring (bicyclic) bond motifs is 1. The van der Waals surface area contributed by atoms with E-state index in [1.807, 2.05) is 0 Å². The monoisotopic (exact) mass is 250 g/mol. The third kappa shape index (κ3) is 2.45. The fourth-order valence-corrected chi connectivity index (χ4v) is 1.80. The molecule has 0 spiro atoms. The Bertz CT molecular complexity index is 559. The van der Waals surface area contributed by atoms with E-state index in [9.17, 15) is 14.4 Å². The largest absolute Gasteiger partial charge is 0.489 e. The van der Waals surface area contributed by atoms with Crippen LogP contribution in [0.15, 0.2) is 30.3 Å². The van der Waals surface area contributed by atoms with Crippen LogP contribution in [0.5, 0.6) is 5.75 Å². The molecule has 0 fully saturated rings. The molecule has 0 aliphatic heterocycles. The summed E-state index contributed by atoms with van der Waals surface area (Å²) in [7, 11) is -0.293. The van der Waals surface area contributed by atoms with Gasteiger partial charge in [-0.15, -0.1) is 0 Å². The van der Waals surface area contributed by atoms with Crippen LogP contribution in [0.4, 0.5) is 4.39 Å². The molecule has 0 heterocycles. The average molecular weight is 250 g/mol. The van der Waals surface area contributed by atoms with Gasteiger partial charge in [0.05, 0.1) is 0 Å². The van der Waals surface area contributed by atoms with E-state index in [1.54, 1.807) is 18.2 Å². The third-order valence-electron chi connectivity index (χ3n) is 2.55. The first-order valence-corrected chi connectivity index (χ1v) is 5.33. The van der Waals surface area contributed by atoms with Crippen LogP contribution in [0, 0.1) is 5.82 Å². The van der Waals surface area contributed by atoms with Crippen LogP contribution in [0.1, 0.15) is 0 Å². The molecule has 0 atom stereocenters. The van der Waals surface area contributed by atoms with Crippen molar-refractivity contribution in [1.29, 1.82) is 0 Å². The molecule has 0 bridgehead atoms. The van der Waals surface area contributed by atoms with E-state index in [0.29, 0.717) is 11.1 Å². The minimum atomic E-state index is -1.77. The van der Waals surface area contributed by atoms with Crippen LogP contribution in [0.3, 0.4) is 0 Å². The second kappa shape index (κ2) is 5.35. The van der Waals surface area contributed by atoms with Gasteiger partial charge in [-0.1, -0.05) is 12.1 Å². The van der Waals surface area contributed by atoms with Crippen molar-refractivity contribution in [3.8, 4) is 5.75 Å². The van der Waals surface area contributed by atoms with Crippen molar-refractivity contribution in [1.82, 2.24) is 0 Å². The molecule has 6 heteroatoms. The molecule has 0 aliphatic rings. The highest BCUT2D eigenvalue weighted by Crippen LogP contribution is 2.22. The summed E-state index contributed by atoms with van der Waals surface area (Å²) in [6, 6.07) is 7.48. The van der Waals surface area contributed by atoms with Gasteiger partial charge in [-0.25, -0.2) is 4.39 Å². The van der Waals surface area contributed by atoms with Gasteiger partial charge in [-0.3, -0.25) is 0 Å². The Morgan fingerprint density at radius 1 is 1.28 bits per heavy atom. The van der Waals surface area contributed by atoms with Gasteiger partial charge in [0, 0.05) is 12.5 Å². The van der Waals surface area contributed by atoms with Crippen LogP contribution >= 0.6 is 0 Å². The highest BCUT2D eigenvalue weighted by Gasteiger charge is 2.19. The molecule has 0 amide bonds. The molecule has 0 unspecified atom stereocenters. The molecular formula is C12H12BFO4. The lowest BCUT2D eigenvalue weighted by Gasteiger charge is -2.11. The van der Waals surface area contributed by atoms with Crippen molar-refractivity contribution >= 4 is 23.4 Å². The van der Waals surface area contributed by atoms with Crippen molar-refractivity contribution < 1.29 is 23.9 Å². The quantitative estimate of drug-likeness (QED) is 0.617. The predicted octanol–water partition coefficient (Wildman–Crippen LogP) is 0.641. The number of methoxy groups -OCH3 is 1. The molecule has 0 saturated carbocycles. The van der Waals surface area contributed by atoms with E-state index >= 15 is 0 Å². The highest BCUT2D eigenvalue weighted by atomic mass is 19.1. The summed E-state index contributed by atoms with van der Waals surface area (Å²) < 4.78 is 23.7. The molecule has 2 aromatic rings. The molecular weight excluding hydrogens is 238 g/mol. The first-order chi connectivity index (χ1) is 8.63. The second-order valence-electron chi connectivity index (χ2n) is 3.77. The summed E-state index contributed by atoms with van der Waals surface area (Å²) >= 11 is 0. The van der Waals surface area contributed by atoms with Crippen LogP contribution < -0.4 is 10.2 Å². The SMILES string of the molecule is COCOc1cc(B(O)O)c2c(F)cccc2c1. The lowest BCUT2D eigenvalue weighted by molar-refractivity contribution is 0.0513. The smallest absolute Gasteiger partial charge is 0.468 e. The van der Waals surface area contributed by atoms with Gasteiger partial charge < -0.3 is 19.5 Å². The minimum Gasteiger partial charge on any atom is -0.468 e. The Hall–Kier alpha value is -1.63. The number of hydrogen-bond acceptors (Lipinski definition) is 4. The summed E-state index contributed by atoms with van der Waals surface area (Å²) in [5.74, 6) is -0.119. The van der Waals surface area contributed by atoms with Gasteiger partial charge in [0.1, 0.15) is 11.6 Å². The topological polar surface area (TPSA) is 58.9 Å². The number of ether oxygens (including phenoxy) is 2. The third-order valence-corrected chi connectivity index (χ3v) is 2.55. The standard InChI is InChI=1S/C12H12BFO4/c1-17-7-18-9-5-8-3-2-4-11(14)12(8)10(6-9)13(15)16/h2-6,15-16H,7H2,1H3. The van der Waals surface area contributed by atoms with Crippen molar-refractivity contribution in [2.75, 3.05) is 13.9 Å². The van der Waals surface area contributed by atoms with E-state index in [0.717, 1.165) is 0 Å². The first kappa shape index (κ1) is 12.8. The van der Waals surface area contributed by atoms with Gasteiger partial charge in [0.15, 0.2) is 6.79 Å². The van der Waals surface area contributed by atoms with Crippen molar-refractivity contribution in [3.05, 3.63) is 36.1 Å². The van der Waals surface area contributed by atoms with Crippen LogP contribution in [-0.4, -0.2) is 31.1 Å². The maximum Gasteiger partial charge on any atom is 0.489 e. The van der Waals surface area contributed by atoms with E-state index < -0.39 is 12.9 Å². The summed E-state index contributed by atoms with van der Waals surface area (Å²) in [5, 5.41) is 19.3. The van der Waals surface area contributed by atoms with Gasteiger partial charge in [0.2, 0.25) is 0 Å². The zero-order valence-corrected chi connectivity index (χ0v) is 9.76. The van der Waals surface area contributed by atoms with Crippen LogP contribution in [0.2, 0.25) is 0 Å². The molecule has 4 nitrogen and oxygen atoms in total. The Kier molecular flexibility index (Phi) is 3.81. The molecule has 0 aliphatic carbocycles.